The van der Waals surface area contributed by atoms with Crippen LogP contribution in [0.5, 0.6) is 5.75 Å². The molecule has 0 spiro atoms. The van der Waals surface area contributed by atoms with Gasteiger partial charge in [-0.15, -0.1) is 0 Å². The molecule has 1 fully saturated rings. The van der Waals surface area contributed by atoms with E-state index in [9.17, 15) is 22.8 Å². The predicted octanol–water partition coefficient (Wildman–Crippen LogP) is 3.46. The molecular weight excluding hydrogens is 488 g/mol. The first-order valence-corrected chi connectivity index (χ1v) is 12.9. The molecule has 0 unspecified atom stereocenters. The highest BCUT2D eigenvalue weighted by atomic mass is 32.2. The molecule has 0 bridgehead atoms. The second-order valence-corrected chi connectivity index (χ2v) is 11.6. The van der Waals surface area contributed by atoms with Crippen molar-refractivity contribution in [3.8, 4) is 5.75 Å². The molecule has 196 valence electrons. The Morgan fingerprint density at radius 1 is 1.06 bits per heavy atom. The number of carbonyl (C=O) groups excluding carboxylic acids is 2. The van der Waals surface area contributed by atoms with Crippen molar-refractivity contribution < 1.29 is 31.7 Å². The number of aromatic nitrogens is 1. The fraction of sp³-hybridized carbons (Fsp3) is 0.480. The summed E-state index contributed by atoms with van der Waals surface area (Å²) in [6.45, 7) is 9.69. The van der Waals surface area contributed by atoms with Crippen molar-refractivity contribution in [1.82, 2.24) is 9.47 Å². The minimum Gasteiger partial charge on any atom is -0.465 e. The third kappa shape index (κ3) is 6.07. The van der Waals surface area contributed by atoms with Gasteiger partial charge in [0.2, 0.25) is 0 Å². The molecule has 0 atom stereocenters. The number of esters is 1. The molecule has 2 heterocycles. The molecule has 1 amide bonds. The predicted molar refractivity (Wildman–Crippen MR) is 132 cm³/mol. The van der Waals surface area contributed by atoms with Gasteiger partial charge in [0.1, 0.15) is 16.1 Å². The summed E-state index contributed by atoms with van der Waals surface area (Å²) < 4.78 is 42.5. The highest BCUT2D eigenvalue weighted by Gasteiger charge is 2.36. The average molecular weight is 521 g/mol. The van der Waals surface area contributed by atoms with Crippen LogP contribution in [0.2, 0.25) is 0 Å². The maximum absolute atomic E-state index is 13.1. The summed E-state index contributed by atoms with van der Waals surface area (Å²) in [6, 6.07) is 6.95. The number of nitrogens with zero attached hydrogens (tertiary/aromatic N) is 2. The molecule has 11 heteroatoms. The molecule has 10 nitrogen and oxygen atoms in total. The van der Waals surface area contributed by atoms with Gasteiger partial charge in [0, 0.05) is 30.9 Å². The fourth-order valence-corrected chi connectivity index (χ4v) is 4.82. The molecule has 0 radical (unpaired) electrons. The van der Waals surface area contributed by atoms with Gasteiger partial charge in [0.05, 0.1) is 7.11 Å². The summed E-state index contributed by atoms with van der Waals surface area (Å²) in [5, 5.41) is 0. The zero-order chi connectivity index (χ0) is 26.9. The Morgan fingerprint density at radius 2 is 1.64 bits per heavy atom. The molecule has 2 aromatic rings. The zero-order valence-electron chi connectivity index (χ0n) is 21.4. The maximum atomic E-state index is 13.1. The number of hydrogen-bond acceptors (Lipinski definition) is 8. The van der Waals surface area contributed by atoms with E-state index in [2.05, 4.69) is 0 Å². The molecule has 0 aliphatic carbocycles. The number of methoxy groups -OCH3 is 1. The molecular formula is C25H32N2O8S. The number of carbonyl (C=O) groups is 2. The highest BCUT2D eigenvalue weighted by Crippen LogP contribution is 2.31. The first-order valence-electron chi connectivity index (χ1n) is 11.5. The first-order chi connectivity index (χ1) is 16.6. The van der Waals surface area contributed by atoms with E-state index in [1.54, 1.807) is 37.8 Å². The van der Waals surface area contributed by atoms with Crippen molar-refractivity contribution in [2.75, 3.05) is 20.2 Å². The number of piperidine rings is 1. The topological polar surface area (TPSA) is 121 Å². The summed E-state index contributed by atoms with van der Waals surface area (Å²) in [5.41, 5.74) is -1.27. The number of rotatable bonds is 5. The Hall–Kier alpha value is -3.34. The lowest BCUT2D eigenvalue weighted by molar-refractivity contribution is 0.0128. The lowest BCUT2D eigenvalue weighted by Crippen LogP contribution is -2.50. The van der Waals surface area contributed by atoms with Crippen LogP contribution >= 0.6 is 0 Å². The number of benzene rings is 1. The van der Waals surface area contributed by atoms with Crippen molar-refractivity contribution in [3.05, 3.63) is 58.0 Å². The van der Waals surface area contributed by atoms with E-state index >= 15 is 0 Å². The number of ether oxygens (including phenoxy) is 2. The van der Waals surface area contributed by atoms with Crippen LogP contribution in [-0.2, 0) is 25.1 Å². The van der Waals surface area contributed by atoms with E-state index in [-0.39, 0.29) is 10.5 Å². The third-order valence-corrected chi connectivity index (χ3v) is 7.25. The summed E-state index contributed by atoms with van der Waals surface area (Å²) in [4.78, 5) is 39.5. The number of amides is 1. The number of pyridine rings is 1. The first kappa shape index (κ1) is 27.3. The lowest BCUT2D eigenvalue weighted by Gasteiger charge is -2.41. The standard InChI is InChI=1S/C25H32N2O8S/c1-17-7-9-18(10-8-17)36(31,32)35-20-15-21(28)27(16-19(20)22(29)33-6)25(5)11-13-26(14-12-25)23(30)34-24(2,3)4/h7-10,15-16H,11-14H2,1-6H3. The van der Waals surface area contributed by atoms with Crippen molar-refractivity contribution in [2.45, 2.75) is 63.5 Å². The van der Waals surface area contributed by atoms with Gasteiger partial charge in [0.25, 0.3) is 5.56 Å². The Bertz CT molecular complexity index is 1300. The molecule has 3 rings (SSSR count). The molecule has 1 aromatic heterocycles. The van der Waals surface area contributed by atoms with Crippen molar-refractivity contribution in [3.63, 3.8) is 0 Å². The van der Waals surface area contributed by atoms with E-state index in [0.29, 0.717) is 25.9 Å². The quantitative estimate of drug-likeness (QED) is 0.434. The molecule has 1 aliphatic rings. The van der Waals surface area contributed by atoms with E-state index in [0.717, 1.165) is 18.7 Å². The van der Waals surface area contributed by atoms with Crippen LogP contribution in [0.1, 0.15) is 56.5 Å². The van der Waals surface area contributed by atoms with Gasteiger partial charge < -0.3 is 23.1 Å². The lowest BCUT2D eigenvalue weighted by atomic mass is 9.89. The summed E-state index contributed by atoms with van der Waals surface area (Å²) in [7, 11) is -3.16. The molecule has 1 aromatic carbocycles. The second-order valence-electron chi connectivity index (χ2n) is 10.1. The summed E-state index contributed by atoms with van der Waals surface area (Å²) >= 11 is 0. The van der Waals surface area contributed by atoms with Crippen molar-refractivity contribution in [2.24, 2.45) is 0 Å². The Labute approximate surface area is 210 Å². The molecule has 1 aliphatic heterocycles. The smallest absolute Gasteiger partial charge is 0.410 e. The number of hydrogen-bond donors (Lipinski definition) is 0. The largest absolute Gasteiger partial charge is 0.465 e. The third-order valence-electron chi connectivity index (χ3n) is 6.00. The number of likely N-dealkylation sites (tertiary alicyclic amines) is 1. The number of aryl methyl sites for hydroxylation is 1. The Balaban J connectivity index is 1.92. The molecule has 36 heavy (non-hydrogen) atoms. The molecule has 1 saturated heterocycles. The van der Waals surface area contributed by atoms with Crippen LogP contribution in [0.15, 0.2) is 46.2 Å². The Morgan fingerprint density at radius 3 is 2.17 bits per heavy atom. The molecule has 0 N–H and O–H groups in total. The minimum absolute atomic E-state index is 0.116. The summed E-state index contributed by atoms with van der Waals surface area (Å²) in [6.07, 6.45) is 1.65. The van der Waals surface area contributed by atoms with Crippen molar-refractivity contribution >= 4 is 22.2 Å². The van der Waals surface area contributed by atoms with Crippen molar-refractivity contribution in [1.29, 1.82) is 0 Å². The molecule has 0 saturated carbocycles. The van der Waals surface area contributed by atoms with Crippen LogP contribution in [0.4, 0.5) is 4.79 Å². The second kappa shape index (κ2) is 9.96. The van der Waals surface area contributed by atoms with Gasteiger partial charge in [-0.05, 0) is 59.6 Å². The minimum atomic E-state index is -4.31. The van der Waals surface area contributed by atoms with Crippen LogP contribution in [0, 0.1) is 6.92 Å². The maximum Gasteiger partial charge on any atom is 0.410 e. The van der Waals surface area contributed by atoms with Crippen LogP contribution in [0.3, 0.4) is 0 Å². The van der Waals surface area contributed by atoms with E-state index < -0.39 is 44.6 Å². The van der Waals surface area contributed by atoms with Crippen LogP contribution in [-0.4, -0.2) is 55.7 Å². The normalized spacial score (nSPS) is 15.8. The highest BCUT2D eigenvalue weighted by molar-refractivity contribution is 7.87. The zero-order valence-corrected chi connectivity index (χ0v) is 22.2. The van der Waals surface area contributed by atoms with Gasteiger partial charge in [-0.3, -0.25) is 4.79 Å². The van der Waals surface area contributed by atoms with Gasteiger partial charge in [0.15, 0.2) is 5.75 Å². The van der Waals surface area contributed by atoms with Gasteiger partial charge in [-0.25, -0.2) is 9.59 Å². The van der Waals surface area contributed by atoms with E-state index in [1.165, 1.54) is 22.9 Å². The SMILES string of the molecule is COC(=O)c1cn(C2(C)CCN(C(=O)OC(C)(C)C)CC2)c(=O)cc1OS(=O)(=O)c1ccc(C)cc1. The summed E-state index contributed by atoms with van der Waals surface area (Å²) in [5.74, 6) is -1.27. The van der Waals surface area contributed by atoms with Gasteiger partial charge >= 0.3 is 22.2 Å². The monoisotopic (exact) mass is 520 g/mol. The van der Waals surface area contributed by atoms with Crippen LogP contribution in [0.25, 0.3) is 0 Å². The van der Waals surface area contributed by atoms with E-state index in [4.69, 9.17) is 13.7 Å². The average Bonchev–Trinajstić information content (AvgIpc) is 2.78. The van der Waals surface area contributed by atoms with Gasteiger partial charge in [-0.1, -0.05) is 17.7 Å². The fourth-order valence-electron chi connectivity index (χ4n) is 3.88. The van der Waals surface area contributed by atoms with E-state index in [1.807, 2.05) is 13.8 Å². The van der Waals surface area contributed by atoms with Gasteiger partial charge in [-0.2, -0.15) is 8.42 Å². The Kier molecular flexibility index (Phi) is 7.54. The van der Waals surface area contributed by atoms with Crippen LogP contribution < -0.4 is 9.74 Å².